The highest BCUT2D eigenvalue weighted by atomic mass is 32.1. The predicted octanol–water partition coefficient (Wildman–Crippen LogP) is 0.839. The summed E-state index contributed by atoms with van der Waals surface area (Å²) >= 11 is 0.845. The van der Waals surface area contributed by atoms with Crippen molar-refractivity contribution >= 4 is 58.1 Å². The Bertz CT molecular complexity index is 1110. The standard InChI is InChI=1S/C19H21N5O11S/c1-19(2,3)33-17(30)21-16-20-9(7-36-16)12(15(29)35-24-10(25)4-5-11(24)26)22-34-13-8(14(27)28)6-23(13)18(31)32/h7-8,13H,4-6H2,1-3H3,(H,27,28)(H,31,32)(H,20,21,30)/b22-12-. The normalized spacial score (nSPS) is 20.0. The van der Waals surface area contributed by atoms with Crippen LogP contribution in [0.1, 0.15) is 39.3 Å². The van der Waals surface area contributed by atoms with Crippen molar-refractivity contribution in [3.05, 3.63) is 11.1 Å². The monoisotopic (exact) mass is 527 g/mol. The second-order valence-electron chi connectivity index (χ2n) is 8.44. The van der Waals surface area contributed by atoms with Crippen molar-refractivity contribution in [2.45, 2.75) is 45.4 Å². The Morgan fingerprint density at radius 3 is 2.36 bits per heavy atom. The van der Waals surface area contributed by atoms with Crippen LogP contribution in [0.4, 0.5) is 14.7 Å². The van der Waals surface area contributed by atoms with Crippen LogP contribution in [0.3, 0.4) is 0 Å². The van der Waals surface area contributed by atoms with Crippen LogP contribution in [0.2, 0.25) is 0 Å². The number of aliphatic carboxylic acids is 1. The Morgan fingerprint density at radius 2 is 1.81 bits per heavy atom. The number of carboxylic acids is 1. The fourth-order valence-corrected chi connectivity index (χ4v) is 3.59. The van der Waals surface area contributed by atoms with Crippen molar-refractivity contribution in [1.29, 1.82) is 0 Å². The van der Waals surface area contributed by atoms with Gasteiger partial charge in [-0.25, -0.2) is 19.4 Å². The average Bonchev–Trinajstić information content (AvgIpc) is 3.29. The van der Waals surface area contributed by atoms with Gasteiger partial charge in [-0.2, -0.15) is 0 Å². The lowest BCUT2D eigenvalue weighted by atomic mass is 9.98. The Labute approximate surface area is 206 Å². The third kappa shape index (κ3) is 6.04. The largest absolute Gasteiger partial charge is 0.481 e. The number of hydrogen-bond acceptors (Lipinski definition) is 12. The third-order valence-electron chi connectivity index (χ3n) is 4.59. The maximum absolute atomic E-state index is 12.8. The minimum absolute atomic E-state index is 0.0349. The van der Waals surface area contributed by atoms with Crippen molar-refractivity contribution in [2.24, 2.45) is 11.1 Å². The van der Waals surface area contributed by atoms with Gasteiger partial charge in [0.1, 0.15) is 17.2 Å². The van der Waals surface area contributed by atoms with E-state index in [0.717, 1.165) is 11.3 Å². The zero-order chi connectivity index (χ0) is 26.8. The first-order valence-corrected chi connectivity index (χ1v) is 11.1. The summed E-state index contributed by atoms with van der Waals surface area (Å²) in [6, 6.07) is 0. The number of carbonyl (C=O) groups is 6. The molecule has 17 heteroatoms. The maximum Gasteiger partial charge on any atom is 0.413 e. The zero-order valence-electron chi connectivity index (χ0n) is 19.1. The lowest BCUT2D eigenvalue weighted by molar-refractivity contribution is -0.193. The molecule has 0 bridgehead atoms. The molecule has 1 aromatic rings. The Kier molecular flexibility index (Phi) is 7.42. The molecular weight excluding hydrogens is 506 g/mol. The zero-order valence-corrected chi connectivity index (χ0v) is 19.9. The summed E-state index contributed by atoms with van der Waals surface area (Å²) in [7, 11) is 0. The van der Waals surface area contributed by atoms with Gasteiger partial charge in [-0.1, -0.05) is 5.16 Å². The van der Waals surface area contributed by atoms with Gasteiger partial charge in [-0.3, -0.25) is 24.6 Å². The molecule has 36 heavy (non-hydrogen) atoms. The van der Waals surface area contributed by atoms with Crippen molar-refractivity contribution in [3.8, 4) is 0 Å². The average molecular weight is 527 g/mol. The van der Waals surface area contributed by atoms with Crippen LogP contribution in [0, 0.1) is 5.92 Å². The van der Waals surface area contributed by atoms with Crippen LogP contribution in [0.15, 0.2) is 10.5 Å². The van der Waals surface area contributed by atoms with E-state index < -0.39 is 59.4 Å². The summed E-state index contributed by atoms with van der Waals surface area (Å²) in [4.78, 5) is 85.6. The highest BCUT2D eigenvalue weighted by Crippen LogP contribution is 2.27. The molecule has 2 unspecified atom stereocenters. The number of rotatable bonds is 7. The van der Waals surface area contributed by atoms with Crippen molar-refractivity contribution < 1.29 is 53.4 Å². The number of imide groups is 1. The van der Waals surface area contributed by atoms with E-state index in [0.29, 0.717) is 4.90 Å². The number of likely N-dealkylation sites (tertiary alicyclic amines) is 1. The molecular formula is C19H21N5O11S. The predicted molar refractivity (Wildman–Crippen MR) is 116 cm³/mol. The first-order valence-electron chi connectivity index (χ1n) is 10.3. The number of thiazole rings is 1. The molecule has 0 saturated carbocycles. The van der Waals surface area contributed by atoms with Crippen molar-refractivity contribution in [1.82, 2.24) is 14.9 Å². The van der Waals surface area contributed by atoms with Gasteiger partial charge in [0, 0.05) is 24.8 Å². The number of carboxylic acid groups (broad SMARTS) is 2. The Hall–Kier alpha value is -4.28. The molecule has 194 valence electrons. The first-order chi connectivity index (χ1) is 16.8. The topological polar surface area (TPSA) is 214 Å². The Balaban J connectivity index is 1.86. The Morgan fingerprint density at radius 1 is 1.17 bits per heavy atom. The molecule has 2 fully saturated rings. The minimum atomic E-state index is -1.57. The van der Waals surface area contributed by atoms with Gasteiger partial charge in [0.15, 0.2) is 5.13 Å². The first kappa shape index (κ1) is 26.3. The number of anilines is 1. The van der Waals surface area contributed by atoms with E-state index in [1.807, 2.05) is 0 Å². The molecule has 0 radical (unpaired) electrons. The van der Waals surface area contributed by atoms with Crippen molar-refractivity contribution in [3.63, 3.8) is 0 Å². The molecule has 16 nitrogen and oxygen atoms in total. The SMILES string of the molecule is CC(C)(C)OC(=O)Nc1nc(/C(=N/OC2C(C(=O)O)CN2C(=O)O)C(=O)ON2C(=O)CCC2=O)cs1. The highest BCUT2D eigenvalue weighted by Gasteiger charge is 2.49. The number of carbonyl (C=O) groups excluding carboxylic acids is 4. The van der Waals surface area contributed by atoms with E-state index in [9.17, 15) is 39.0 Å². The van der Waals surface area contributed by atoms with Crippen LogP contribution in [-0.4, -0.2) is 85.2 Å². The van der Waals surface area contributed by atoms with Gasteiger partial charge in [-0.05, 0) is 20.8 Å². The summed E-state index contributed by atoms with van der Waals surface area (Å²) in [5.74, 6) is -5.56. The lowest BCUT2D eigenvalue weighted by Gasteiger charge is -2.41. The van der Waals surface area contributed by atoms with Crippen LogP contribution < -0.4 is 5.32 Å². The van der Waals surface area contributed by atoms with Crippen LogP contribution >= 0.6 is 11.3 Å². The molecule has 2 atom stereocenters. The number of oxime groups is 1. The van der Waals surface area contributed by atoms with E-state index in [4.69, 9.17) is 14.4 Å². The second kappa shape index (κ2) is 10.1. The number of nitrogens with one attached hydrogen (secondary N) is 1. The molecule has 4 amide bonds. The molecule has 0 aliphatic carbocycles. The van der Waals surface area contributed by atoms with Crippen molar-refractivity contribution in [2.75, 3.05) is 11.9 Å². The molecule has 2 aliphatic heterocycles. The quantitative estimate of drug-likeness (QED) is 0.255. The summed E-state index contributed by atoms with van der Waals surface area (Å²) in [6.45, 7) is 4.56. The van der Waals surface area contributed by atoms with E-state index in [1.165, 1.54) is 5.38 Å². The summed E-state index contributed by atoms with van der Waals surface area (Å²) < 4.78 is 5.11. The maximum atomic E-state index is 12.8. The molecule has 1 aromatic heterocycles. The summed E-state index contributed by atoms with van der Waals surface area (Å²) in [5.41, 5.74) is -1.77. The van der Waals surface area contributed by atoms with E-state index >= 15 is 0 Å². The molecule has 3 rings (SSSR count). The smallest absolute Gasteiger partial charge is 0.413 e. The number of ether oxygens (including phenoxy) is 1. The fourth-order valence-electron chi connectivity index (χ4n) is 2.91. The summed E-state index contributed by atoms with van der Waals surface area (Å²) in [5, 5.41) is 25.8. The fraction of sp³-hybridized carbons (Fsp3) is 0.474. The number of amides is 4. The molecule has 2 saturated heterocycles. The van der Waals surface area contributed by atoms with E-state index in [1.54, 1.807) is 20.8 Å². The van der Waals surface area contributed by atoms with E-state index in [2.05, 4.69) is 15.5 Å². The lowest BCUT2D eigenvalue weighted by Crippen LogP contribution is -2.61. The van der Waals surface area contributed by atoms with Crippen LogP contribution in [0.25, 0.3) is 0 Å². The van der Waals surface area contributed by atoms with Gasteiger partial charge < -0.3 is 24.6 Å². The van der Waals surface area contributed by atoms with Gasteiger partial charge >= 0.3 is 24.1 Å². The summed E-state index contributed by atoms with van der Waals surface area (Å²) in [6.07, 6.45) is -4.25. The highest BCUT2D eigenvalue weighted by molar-refractivity contribution is 7.14. The molecule has 0 aromatic carbocycles. The van der Waals surface area contributed by atoms with Crippen LogP contribution in [-0.2, 0) is 33.6 Å². The number of aromatic nitrogens is 1. The second-order valence-corrected chi connectivity index (χ2v) is 9.30. The van der Waals surface area contributed by atoms with Gasteiger partial charge in [0.2, 0.25) is 11.9 Å². The minimum Gasteiger partial charge on any atom is -0.481 e. The number of hydroxylamine groups is 2. The van der Waals surface area contributed by atoms with Gasteiger partial charge in [0.25, 0.3) is 11.8 Å². The third-order valence-corrected chi connectivity index (χ3v) is 5.35. The molecule has 2 aliphatic rings. The number of hydrogen-bond donors (Lipinski definition) is 3. The molecule has 0 spiro atoms. The number of nitrogens with zero attached hydrogens (tertiary/aromatic N) is 4. The molecule has 3 N–H and O–H groups in total. The van der Waals surface area contributed by atoms with Gasteiger partial charge in [-0.15, -0.1) is 16.4 Å². The molecule has 3 heterocycles. The van der Waals surface area contributed by atoms with Gasteiger partial charge in [0.05, 0.1) is 0 Å². The van der Waals surface area contributed by atoms with E-state index in [-0.39, 0.29) is 35.3 Å². The van der Waals surface area contributed by atoms with Crippen LogP contribution in [0.5, 0.6) is 0 Å².